The molecule has 4 nitrogen and oxygen atoms in total. The fraction of sp³-hybridized carbons (Fsp3) is 0.125. The molecule has 0 radical (unpaired) electrons. The van der Waals surface area contributed by atoms with E-state index in [1.54, 1.807) is 13.0 Å². The maximum atomic E-state index is 11.9. The van der Waals surface area contributed by atoms with Gasteiger partial charge in [-0.1, -0.05) is 30.3 Å². The Balaban J connectivity index is 2.40. The van der Waals surface area contributed by atoms with E-state index in [4.69, 9.17) is 9.15 Å². The van der Waals surface area contributed by atoms with Crippen LogP contribution >= 0.6 is 0 Å². The predicted molar refractivity (Wildman–Crippen MR) is 75.9 cm³/mol. The average molecular weight is 268 g/mol. The molecule has 20 heavy (non-hydrogen) atoms. The number of hydrogen-bond donors (Lipinski definition) is 0. The largest absolute Gasteiger partial charge is 0.462 e. The topological polar surface area (TPSA) is 56.5 Å². The molecule has 0 aliphatic heterocycles. The second kappa shape index (κ2) is 4.81. The van der Waals surface area contributed by atoms with Crippen molar-refractivity contribution in [3.05, 3.63) is 58.4 Å². The van der Waals surface area contributed by atoms with Crippen LogP contribution in [0.3, 0.4) is 0 Å². The van der Waals surface area contributed by atoms with Gasteiger partial charge in [0.25, 0.3) is 0 Å². The Bertz CT molecular complexity index is 861. The van der Waals surface area contributed by atoms with E-state index in [2.05, 4.69) is 0 Å². The third kappa shape index (κ3) is 1.95. The van der Waals surface area contributed by atoms with Gasteiger partial charge in [-0.3, -0.25) is 0 Å². The van der Waals surface area contributed by atoms with Crippen molar-refractivity contribution in [2.45, 2.75) is 6.92 Å². The van der Waals surface area contributed by atoms with E-state index in [-0.39, 0.29) is 12.2 Å². The number of ether oxygens (including phenoxy) is 1. The lowest BCUT2D eigenvalue weighted by molar-refractivity contribution is 0.0528. The zero-order valence-electron chi connectivity index (χ0n) is 10.9. The summed E-state index contributed by atoms with van der Waals surface area (Å²) in [4.78, 5) is 23.6. The van der Waals surface area contributed by atoms with Crippen molar-refractivity contribution in [2.75, 3.05) is 6.61 Å². The first kappa shape index (κ1) is 12.4. The third-order valence-electron chi connectivity index (χ3n) is 3.13. The molecule has 0 aliphatic carbocycles. The first-order valence-corrected chi connectivity index (χ1v) is 6.33. The summed E-state index contributed by atoms with van der Waals surface area (Å²) in [6.07, 6.45) is 0. The molecule has 100 valence electrons. The number of carbonyl (C=O) groups excluding carboxylic acids is 1. The zero-order valence-corrected chi connectivity index (χ0v) is 10.9. The van der Waals surface area contributed by atoms with E-state index in [9.17, 15) is 9.59 Å². The molecule has 4 heteroatoms. The molecule has 0 aliphatic rings. The van der Waals surface area contributed by atoms with Crippen LogP contribution in [0.4, 0.5) is 0 Å². The van der Waals surface area contributed by atoms with Gasteiger partial charge in [-0.25, -0.2) is 9.59 Å². The highest BCUT2D eigenvalue weighted by Gasteiger charge is 2.15. The van der Waals surface area contributed by atoms with E-state index in [1.165, 1.54) is 6.07 Å². The Morgan fingerprint density at radius 2 is 1.95 bits per heavy atom. The summed E-state index contributed by atoms with van der Waals surface area (Å²) in [5, 5.41) is 2.33. The molecule has 1 aromatic heterocycles. The quantitative estimate of drug-likeness (QED) is 0.407. The molecule has 0 saturated heterocycles. The van der Waals surface area contributed by atoms with Crippen molar-refractivity contribution in [3.8, 4) is 0 Å². The van der Waals surface area contributed by atoms with Gasteiger partial charge in [0.1, 0.15) is 5.58 Å². The number of benzene rings is 2. The molecule has 3 rings (SSSR count). The Morgan fingerprint density at radius 3 is 2.75 bits per heavy atom. The Hall–Kier alpha value is -2.62. The molecule has 0 spiro atoms. The summed E-state index contributed by atoms with van der Waals surface area (Å²) < 4.78 is 10.3. The molecular weight excluding hydrogens is 256 g/mol. The Morgan fingerprint density at radius 1 is 1.15 bits per heavy atom. The molecule has 2 aromatic carbocycles. The third-order valence-corrected chi connectivity index (χ3v) is 3.13. The lowest BCUT2D eigenvalue weighted by atomic mass is 10.0. The molecule has 0 unspecified atom stereocenters. The van der Waals surface area contributed by atoms with E-state index in [0.29, 0.717) is 11.0 Å². The summed E-state index contributed by atoms with van der Waals surface area (Å²) >= 11 is 0. The first-order chi connectivity index (χ1) is 9.70. The molecule has 0 saturated carbocycles. The second-order valence-electron chi connectivity index (χ2n) is 4.36. The van der Waals surface area contributed by atoms with Crippen LogP contribution in [0, 0.1) is 0 Å². The summed E-state index contributed by atoms with van der Waals surface area (Å²) in [7, 11) is 0. The van der Waals surface area contributed by atoms with Crippen molar-refractivity contribution in [2.24, 2.45) is 0 Å². The van der Waals surface area contributed by atoms with E-state index in [1.807, 2.05) is 30.3 Å². The van der Waals surface area contributed by atoms with E-state index < -0.39 is 11.6 Å². The fourth-order valence-corrected chi connectivity index (χ4v) is 2.27. The normalized spacial score (nSPS) is 10.8. The van der Waals surface area contributed by atoms with Crippen molar-refractivity contribution in [1.82, 2.24) is 0 Å². The van der Waals surface area contributed by atoms with Gasteiger partial charge in [-0.2, -0.15) is 0 Å². The van der Waals surface area contributed by atoms with Gasteiger partial charge in [0.2, 0.25) is 0 Å². The zero-order chi connectivity index (χ0) is 14.1. The molecular formula is C16H12O4. The number of carbonyl (C=O) groups is 1. The Labute approximate surface area is 114 Å². The smallest absolute Gasteiger partial charge is 0.339 e. The first-order valence-electron chi connectivity index (χ1n) is 6.33. The van der Waals surface area contributed by atoms with Crippen molar-refractivity contribution in [1.29, 1.82) is 0 Å². The Kier molecular flexibility index (Phi) is 2.99. The van der Waals surface area contributed by atoms with Crippen LogP contribution in [-0.2, 0) is 4.74 Å². The summed E-state index contributed by atoms with van der Waals surface area (Å²) in [6.45, 7) is 1.98. The number of esters is 1. The number of hydrogen-bond acceptors (Lipinski definition) is 4. The highest BCUT2D eigenvalue weighted by atomic mass is 16.5. The average Bonchev–Trinajstić information content (AvgIpc) is 2.46. The summed E-state index contributed by atoms with van der Waals surface area (Å²) in [5.41, 5.74) is 0.0967. The van der Waals surface area contributed by atoms with Crippen molar-refractivity contribution in [3.63, 3.8) is 0 Å². The molecule has 1 heterocycles. The lowest BCUT2D eigenvalue weighted by Gasteiger charge is -2.07. The van der Waals surface area contributed by atoms with Gasteiger partial charge in [0, 0.05) is 16.8 Å². The van der Waals surface area contributed by atoms with Gasteiger partial charge in [-0.15, -0.1) is 0 Å². The SMILES string of the molecule is CCOC(=O)c1cc(=O)oc2c1ccc1ccccc12. The van der Waals surface area contributed by atoms with Gasteiger partial charge >= 0.3 is 11.6 Å². The molecule has 0 fully saturated rings. The predicted octanol–water partition coefficient (Wildman–Crippen LogP) is 3.12. The maximum absolute atomic E-state index is 11.9. The van der Waals surface area contributed by atoms with Gasteiger partial charge in [0.15, 0.2) is 0 Å². The van der Waals surface area contributed by atoms with Crippen LogP contribution in [-0.4, -0.2) is 12.6 Å². The van der Waals surface area contributed by atoms with E-state index in [0.717, 1.165) is 10.8 Å². The molecule has 0 amide bonds. The molecule has 0 atom stereocenters. The minimum atomic E-state index is -0.558. The van der Waals surface area contributed by atoms with Gasteiger partial charge in [-0.05, 0) is 18.4 Å². The maximum Gasteiger partial charge on any atom is 0.339 e. The van der Waals surface area contributed by atoms with Crippen LogP contribution in [0.15, 0.2) is 51.7 Å². The van der Waals surface area contributed by atoms with Crippen LogP contribution in [0.2, 0.25) is 0 Å². The molecule has 3 aromatic rings. The minimum absolute atomic E-state index is 0.240. The standard InChI is InChI=1S/C16H12O4/c1-2-19-16(18)13-9-14(17)20-15-11-6-4-3-5-10(11)7-8-12(13)15/h3-9H,2H2,1H3. The lowest BCUT2D eigenvalue weighted by Crippen LogP contribution is -2.10. The second-order valence-corrected chi connectivity index (χ2v) is 4.36. The van der Waals surface area contributed by atoms with Crippen molar-refractivity contribution >= 4 is 27.7 Å². The fourth-order valence-electron chi connectivity index (χ4n) is 2.27. The van der Waals surface area contributed by atoms with Crippen LogP contribution in [0.5, 0.6) is 0 Å². The van der Waals surface area contributed by atoms with Gasteiger partial charge < -0.3 is 9.15 Å². The highest BCUT2D eigenvalue weighted by molar-refractivity contribution is 6.11. The summed E-state index contributed by atoms with van der Waals surface area (Å²) in [6, 6.07) is 12.4. The monoisotopic (exact) mass is 268 g/mol. The number of fused-ring (bicyclic) bond motifs is 3. The van der Waals surface area contributed by atoms with E-state index >= 15 is 0 Å². The van der Waals surface area contributed by atoms with Crippen LogP contribution in [0.1, 0.15) is 17.3 Å². The minimum Gasteiger partial charge on any atom is -0.462 e. The summed E-state index contributed by atoms with van der Waals surface area (Å²) in [5.74, 6) is -0.513. The molecule has 0 N–H and O–H groups in total. The van der Waals surface area contributed by atoms with Gasteiger partial charge in [0.05, 0.1) is 12.2 Å². The van der Waals surface area contributed by atoms with Crippen molar-refractivity contribution < 1.29 is 13.9 Å². The molecule has 0 bridgehead atoms. The number of rotatable bonds is 2. The highest BCUT2D eigenvalue weighted by Crippen LogP contribution is 2.26. The van der Waals surface area contributed by atoms with Crippen LogP contribution in [0.25, 0.3) is 21.7 Å². The van der Waals surface area contributed by atoms with Crippen LogP contribution < -0.4 is 5.63 Å².